The maximum atomic E-state index is 12.0. The minimum atomic E-state index is -0.545. The third-order valence-electron chi connectivity index (χ3n) is 2.66. The van der Waals surface area contributed by atoms with Crippen LogP contribution in [0.1, 0.15) is 21.5 Å². The number of benzene rings is 2. The molecule has 0 amide bonds. The first-order valence-corrected chi connectivity index (χ1v) is 5.65. The summed E-state index contributed by atoms with van der Waals surface area (Å²) in [6, 6.07) is 12.1. The van der Waals surface area contributed by atoms with Crippen molar-refractivity contribution in [2.75, 3.05) is 0 Å². The van der Waals surface area contributed by atoms with Crippen molar-refractivity contribution < 1.29 is 14.6 Å². The molecule has 0 saturated heterocycles. The van der Waals surface area contributed by atoms with Crippen molar-refractivity contribution >= 4 is 5.97 Å². The van der Waals surface area contributed by atoms with E-state index in [9.17, 15) is 9.90 Å². The van der Waals surface area contributed by atoms with E-state index in [0.717, 1.165) is 5.56 Å². The maximum Gasteiger partial charge on any atom is 0.347 e. The number of hydrogen-bond acceptors (Lipinski definition) is 3. The predicted octanol–water partition coefficient (Wildman–Crippen LogP) is 3.23. The molecule has 0 aliphatic carbocycles. The second-order valence-corrected chi connectivity index (χ2v) is 4.18. The van der Waals surface area contributed by atoms with Crippen LogP contribution in [0.25, 0.3) is 0 Å². The lowest BCUT2D eigenvalue weighted by Gasteiger charge is -2.08. The molecule has 0 fully saturated rings. The molecule has 18 heavy (non-hydrogen) atoms. The molecule has 0 atom stereocenters. The van der Waals surface area contributed by atoms with Crippen LogP contribution < -0.4 is 4.74 Å². The number of esters is 1. The van der Waals surface area contributed by atoms with Crippen LogP contribution in [0.4, 0.5) is 0 Å². The number of hydrogen-bond donors (Lipinski definition) is 1. The Morgan fingerprint density at radius 2 is 1.83 bits per heavy atom. The zero-order valence-corrected chi connectivity index (χ0v) is 10.3. The van der Waals surface area contributed by atoms with Crippen LogP contribution >= 0.6 is 0 Å². The summed E-state index contributed by atoms with van der Waals surface area (Å²) in [4.78, 5) is 12.0. The lowest BCUT2D eigenvalue weighted by molar-refractivity contribution is 0.0731. The van der Waals surface area contributed by atoms with Gasteiger partial charge in [0, 0.05) is 0 Å². The Bertz CT molecular complexity index is 568. The third-order valence-corrected chi connectivity index (χ3v) is 2.66. The molecular weight excluding hydrogens is 228 g/mol. The van der Waals surface area contributed by atoms with Gasteiger partial charge in [-0.1, -0.05) is 24.3 Å². The summed E-state index contributed by atoms with van der Waals surface area (Å²) in [5, 5.41) is 9.69. The van der Waals surface area contributed by atoms with Crippen molar-refractivity contribution in [3.63, 3.8) is 0 Å². The summed E-state index contributed by atoms with van der Waals surface area (Å²) in [5.74, 6) is -0.133. The Morgan fingerprint density at radius 3 is 2.50 bits per heavy atom. The molecule has 0 saturated carbocycles. The van der Waals surface area contributed by atoms with E-state index in [1.165, 1.54) is 6.07 Å². The summed E-state index contributed by atoms with van der Waals surface area (Å²) < 4.78 is 5.24. The van der Waals surface area contributed by atoms with E-state index in [-0.39, 0.29) is 11.3 Å². The van der Waals surface area contributed by atoms with Crippen LogP contribution in [-0.2, 0) is 0 Å². The van der Waals surface area contributed by atoms with Crippen molar-refractivity contribution in [2.24, 2.45) is 0 Å². The zero-order chi connectivity index (χ0) is 13.1. The van der Waals surface area contributed by atoms with E-state index in [4.69, 9.17) is 4.74 Å². The van der Waals surface area contributed by atoms with Crippen LogP contribution in [0, 0.1) is 13.8 Å². The van der Waals surface area contributed by atoms with Gasteiger partial charge in [-0.15, -0.1) is 0 Å². The Kier molecular flexibility index (Phi) is 3.33. The van der Waals surface area contributed by atoms with Crippen LogP contribution in [0.5, 0.6) is 11.5 Å². The zero-order valence-electron chi connectivity index (χ0n) is 10.3. The van der Waals surface area contributed by atoms with E-state index < -0.39 is 5.97 Å². The van der Waals surface area contributed by atoms with E-state index in [2.05, 4.69) is 0 Å². The largest absolute Gasteiger partial charge is 0.507 e. The molecule has 3 heteroatoms. The number of aryl methyl sites for hydroxylation is 2. The fraction of sp³-hybridized carbons (Fsp3) is 0.133. The number of rotatable bonds is 2. The molecular formula is C15H14O3. The Hall–Kier alpha value is -2.29. The van der Waals surface area contributed by atoms with E-state index in [1.54, 1.807) is 31.2 Å². The highest BCUT2D eigenvalue weighted by Crippen LogP contribution is 2.23. The second kappa shape index (κ2) is 4.92. The molecule has 2 aromatic carbocycles. The van der Waals surface area contributed by atoms with Gasteiger partial charge in [0.05, 0.1) is 0 Å². The summed E-state index contributed by atoms with van der Waals surface area (Å²) in [5.41, 5.74) is 1.90. The molecule has 2 rings (SSSR count). The highest BCUT2D eigenvalue weighted by atomic mass is 16.5. The first-order chi connectivity index (χ1) is 8.58. The van der Waals surface area contributed by atoms with Crippen LogP contribution in [0.2, 0.25) is 0 Å². The SMILES string of the molecule is Cc1cccc(OC(=O)c2c(C)cccc2O)c1. The van der Waals surface area contributed by atoms with Gasteiger partial charge in [0.25, 0.3) is 0 Å². The molecule has 2 aromatic rings. The molecule has 1 N–H and O–H groups in total. The number of phenols is 1. The Morgan fingerprint density at radius 1 is 1.11 bits per heavy atom. The molecule has 0 aromatic heterocycles. The lowest BCUT2D eigenvalue weighted by atomic mass is 10.1. The lowest BCUT2D eigenvalue weighted by Crippen LogP contribution is -2.10. The van der Waals surface area contributed by atoms with Gasteiger partial charge >= 0.3 is 5.97 Å². The van der Waals surface area contributed by atoms with Gasteiger partial charge in [0.15, 0.2) is 0 Å². The smallest absolute Gasteiger partial charge is 0.347 e. The molecule has 0 heterocycles. The van der Waals surface area contributed by atoms with Crippen LogP contribution in [0.15, 0.2) is 42.5 Å². The quantitative estimate of drug-likeness (QED) is 0.649. The van der Waals surface area contributed by atoms with Crippen molar-refractivity contribution in [3.05, 3.63) is 59.2 Å². The van der Waals surface area contributed by atoms with Gasteiger partial charge in [0.2, 0.25) is 0 Å². The molecule has 0 bridgehead atoms. The topological polar surface area (TPSA) is 46.5 Å². The average Bonchev–Trinajstić information content (AvgIpc) is 2.28. The molecule has 3 nitrogen and oxygen atoms in total. The summed E-state index contributed by atoms with van der Waals surface area (Å²) in [6.45, 7) is 3.68. The first-order valence-electron chi connectivity index (χ1n) is 5.65. The highest BCUT2D eigenvalue weighted by Gasteiger charge is 2.16. The highest BCUT2D eigenvalue weighted by molar-refractivity contribution is 5.95. The number of carbonyl (C=O) groups excluding carboxylic acids is 1. The molecule has 0 spiro atoms. The van der Waals surface area contributed by atoms with Crippen LogP contribution in [-0.4, -0.2) is 11.1 Å². The van der Waals surface area contributed by atoms with Gasteiger partial charge in [-0.3, -0.25) is 0 Å². The average molecular weight is 242 g/mol. The fourth-order valence-electron chi connectivity index (χ4n) is 1.75. The molecule has 0 aliphatic rings. The minimum Gasteiger partial charge on any atom is -0.507 e. The maximum absolute atomic E-state index is 12.0. The molecule has 0 radical (unpaired) electrons. The van der Waals surface area contributed by atoms with Crippen molar-refractivity contribution in [1.82, 2.24) is 0 Å². The first kappa shape index (κ1) is 12.2. The molecule has 0 aliphatic heterocycles. The second-order valence-electron chi connectivity index (χ2n) is 4.18. The normalized spacial score (nSPS) is 10.1. The van der Waals surface area contributed by atoms with Gasteiger partial charge in [-0.25, -0.2) is 4.79 Å². The number of carbonyl (C=O) groups is 1. The number of phenolic OH excluding ortho intramolecular Hbond substituents is 1. The van der Waals surface area contributed by atoms with Crippen molar-refractivity contribution in [3.8, 4) is 11.5 Å². The summed E-state index contributed by atoms with van der Waals surface area (Å²) in [7, 11) is 0. The van der Waals surface area contributed by atoms with Gasteiger partial charge in [0.1, 0.15) is 17.1 Å². The summed E-state index contributed by atoms with van der Waals surface area (Å²) >= 11 is 0. The molecule has 92 valence electrons. The van der Waals surface area contributed by atoms with Gasteiger partial charge in [-0.05, 0) is 43.2 Å². The molecule has 0 unspecified atom stereocenters. The van der Waals surface area contributed by atoms with E-state index in [0.29, 0.717) is 11.3 Å². The van der Waals surface area contributed by atoms with Gasteiger partial charge < -0.3 is 9.84 Å². The van der Waals surface area contributed by atoms with Crippen molar-refractivity contribution in [1.29, 1.82) is 0 Å². The van der Waals surface area contributed by atoms with Crippen LogP contribution in [0.3, 0.4) is 0 Å². The predicted molar refractivity (Wildman–Crippen MR) is 69.0 cm³/mol. The monoisotopic (exact) mass is 242 g/mol. The van der Waals surface area contributed by atoms with E-state index >= 15 is 0 Å². The fourth-order valence-corrected chi connectivity index (χ4v) is 1.75. The number of ether oxygens (including phenoxy) is 1. The van der Waals surface area contributed by atoms with Gasteiger partial charge in [-0.2, -0.15) is 0 Å². The summed E-state index contributed by atoms with van der Waals surface area (Å²) in [6.07, 6.45) is 0. The standard InChI is InChI=1S/C15H14O3/c1-10-5-3-7-12(9-10)18-15(17)14-11(2)6-4-8-13(14)16/h3-9,16H,1-2H3. The Labute approximate surface area is 106 Å². The minimum absolute atomic E-state index is 0.0624. The third kappa shape index (κ3) is 2.51. The van der Waals surface area contributed by atoms with Crippen molar-refractivity contribution in [2.45, 2.75) is 13.8 Å². The Balaban J connectivity index is 2.28. The number of aromatic hydroxyl groups is 1. The van der Waals surface area contributed by atoms with E-state index in [1.807, 2.05) is 19.1 Å².